The molecule has 1 aliphatic rings. The Balaban J connectivity index is 1.57. The van der Waals surface area contributed by atoms with E-state index in [1.54, 1.807) is 12.1 Å². The van der Waals surface area contributed by atoms with Gasteiger partial charge in [0, 0.05) is 59.6 Å². The highest BCUT2D eigenvalue weighted by molar-refractivity contribution is 5.94. The molecule has 3 aromatic carbocycles. The third-order valence-corrected chi connectivity index (χ3v) is 9.37. The van der Waals surface area contributed by atoms with Crippen molar-refractivity contribution in [2.75, 3.05) is 71.0 Å². The van der Waals surface area contributed by atoms with Crippen molar-refractivity contribution in [1.29, 1.82) is 0 Å². The van der Waals surface area contributed by atoms with Crippen molar-refractivity contribution in [3.63, 3.8) is 0 Å². The summed E-state index contributed by atoms with van der Waals surface area (Å²) in [6, 6.07) is 16.2. The molecular weight excluding hydrogens is 654 g/mol. The van der Waals surface area contributed by atoms with E-state index in [9.17, 15) is 40.3 Å². The fourth-order valence-corrected chi connectivity index (χ4v) is 6.50. The molecule has 4 rings (SSSR count). The van der Waals surface area contributed by atoms with Crippen LogP contribution in [0.5, 0.6) is 11.5 Å². The molecule has 1 saturated heterocycles. The zero-order chi connectivity index (χ0) is 36.9. The van der Waals surface area contributed by atoms with Crippen molar-refractivity contribution in [2.24, 2.45) is 5.92 Å². The van der Waals surface area contributed by atoms with E-state index in [1.807, 2.05) is 44.2 Å². The number of rotatable bonds is 14. The first-order valence-corrected chi connectivity index (χ1v) is 17.6. The van der Waals surface area contributed by atoms with Gasteiger partial charge in [0.05, 0.1) is 24.8 Å². The summed E-state index contributed by atoms with van der Waals surface area (Å²) >= 11 is 0. The number of aryl methyl sites for hydroxylation is 2. The maximum Gasteiger partial charge on any atom is 0.298 e. The van der Waals surface area contributed by atoms with Gasteiger partial charge in [0.1, 0.15) is 19.0 Å². The van der Waals surface area contributed by atoms with Gasteiger partial charge in [0.15, 0.2) is 5.75 Å². The van der Waals surface area contributed by atoms with E-state index >= 15 is 0 Å². The van der Waals surface area contributed by atoms with Crippen molar-refractivity contribution in [3.05, 3.63) is 87.3 Å². The Kier molecular flexibility index (Phi) is 15.3. The lowest BCUT2D eigenvalue weighted by Crippen LogP contribution is -2.36. The first-order chi connectivity index (χ1) is 24.6. The predicted octanol–water partition coefficient (Wildman–Crippen LogP) is 2.62. The topological polar surface area (TPSA) is 180 Å². The Morgan fingerprint density at radius 2 is 1.22 bits per heavy atom. The van der Waals surface area contributed by atoms with Crippen LogP contribution in [0.15, 0.2) is 54.6 Å². The number of phenolic OH excluding ortho intramolecular Hbond substituents is 2. The minimum absolute atomic E-state index is 0.0182. The van der Waals surface area contributed by atoms with E-state index in [4.69, 9.17) is 0 Å². The molecule has 13 heteroatoms. The Bertz CT molecular complexity index is 1580. The van der Waals surface area contributed by atoms with E-state index < -0.39 is 44.3 Å². The SMILES string of the molecule is Cc1cc(CN2CCCN(Cc3ccccc3)CCN(Cc3cc(C)cc([N+](=O)C(CO)CO)c3O)CCC2)c(O)c(NC(=O)C(CO)CO)c1. The average Bonchev–Trinajstić information content (AvgIpc) is 3.15. The molecule has 13 nitrogen and oxygen atoms in total. The Morgan fingerprint density at radius 1 is 0.706 bits per heavy atom. The first kappa shape index (κ1) is 39.8. The molecule has 0 aromatic heterocycles. The van der Waals surface area contributed by atoms with E-state index in [2.05, 4.69) is 32.1 Å². The van der Waals surface area contributed by atoms with E-state index in [0.717, 1.165) is 63.2 Å². The van der Waals surface area contributed by atoms with Crippen LogP contribution in [-0.4, -0.2) is 128 Å². The Labute approximate surface area is 299 Å². The van der Waals surface area contributed by atoms with Gasteiger partial charge in [-0.3, -0.25) is 19.5 Å². The molecule has 0 spiro atoms. The first-order valence-electron chi connectivity index (χ1n) is 17.6. The molecule has 1 fully saturated rings. The second-order valence-electron chi connectivity index (χ2n) is 13.5. The van der Waals surface area contributed by atoms with E-state index in [0.29, 0.717) is 35.5 Å². The molecule has 0 atom stereocenters. The Morgan fingerprint density at radius 3 is 1.76 bits per heavy atom. The molecule has 1 aliphatic heterocycles. The van der Waals surface area contributed by atoms with Gasteiger partial charge in [-0.1, -0.05) is 42.5 Å². The molecular formula is C38H54N5O8+. The fraction of sp³-hybridized carbons (Fsp3) is 0.500. The summed E-state index contributed by atoms with van der Waals surface area (Å²) in [6.45, 7) is 7.73. The third kappa shape index (κ3) is 11.3. The van der Waals surface area contributed by atoms with Gasteiger partial charge in [-0.05, 0) is 75.6 Å². The average molecular weight is 709 g/mol. The van der Waals surface area contributed by atoms with Crippen molar-refractivity contribution in [2.45, 2.75) is 52.4 Å². The maximum absolute atomic E-state index is 13.0. The normalized spacial score (nSPS) is 15.6. The number of phenols is 2. The molecule has 1 amide bonds. The quantitative estimate of drug-likeness (QED) is 0.0967. The Hall–Kier alpha value is -3.95. The smallest absolute Gasteiger partial charge is 0.298 e. The van der Waals surface area contributed by atoms with Crippen molar-refractivity contribution >= 4 is 17.3 Å². The lowest BCUT2D eigenvalue weighted by molar-refractivity contribution is -0.514. The standard InChI is InChI=1S/C38H53N5O8/c1-27-16-30(36(48)34(18-27)39-38(50)32(23-44)24-45)21-40-10-6-12-41(20-29-8-4-3-5-9-29)14-15-42(13-7-11-40)22-31-17-28(2)19-35(37(31)49)43(51)33(25-46)26-47/h3-5,8-9,16-19,32-33,44-47H,6-7,10-15,20-26H2,1-2H3,(H2-,39,48,49,50,51)/p+1. The minimum Gasteiger partial charge on any atom is -0.505 e. The van der Waals surface area contributed by atoms with Gasteiger partial charge >= 0.3 is 0 Å². The number of amides is 1. The summed E-state index contributed by atoms with van der Waals surface area (Å²) in [5.41, 5.74) is 4.33. The number of nitroso groups, excluding NO2 is 1. The lowest BCUT2D eigenvalue weighted by Gasteiger charge is -2.27. The minimum atomic E-state index is -1.08. The number of nitrogens with one attached hydrogen (secondary N) is 1. The molecule has 0 saturated carbocycles. The van der Waals surface area contributed by atoms with Gasteiger partial charge in [-0.2, -0.15) is 0 Å². The zero-order valence-corrected chi connectivity index (χ0v) is 29.7. The van der Waals surface area contributed by atoms with Gasteiger partial charge in [0.25, 0.3) is 11.7 Å². The van der Waals surface area contributed by atoms with Crippen molar-refractivity contribution in [1.82, 2.24) is 14.7 Å². The fourth-order valence-electron chi connectivity index (χ4n) is 6.50. The van der Waals surface area contributed by atoms with E-state index in [-0.39, 0.29) is 22.9 Å². The van der Waals surface area contributed by atoms with E-state index in [1.165, 1.54) is 5.56 Å². The number of nitrogens with zero attached hydrogens (tertiary/aromatic N) is 4. The molecule has 0 radical (unpaired) electrons. The van der Waals surface area contributed by atoms with Gasteiger partial charge in [-0.15, -0.1) is 0 Å². The van der Waals surface area contributed by atoms with Crippen LogP contribution in [0.3, 0.4) is 0 Å². The highest BCUT2D eigenvalue weighted by atomic mass is 16.3. The van der Waals surface area contributed by atoms with Crippen LogP contribution in [0, 0.1) is 24.7 Å². The summed E-state index contributed by atoms with van der Waals surface area (Å²) in [5, 5.41) is 63.2. The summed E-state index contributed by atoms with van der Waals surface area (Å²) in [4.78, 5) is 32.5. The summed E-state index contributed by atoms with van der Waals surface area (Å²) in [5.74, 6) is -1.78. The predicted molar refractivity (Wildman–Crippen MR) is 195 cm³/mol. The zero-order valence-electron chi connectivity index (χ0n) is 29.7. The maximum atomic E-state index is 13.0. The molecule has 3 aromatic rings. The van der Waals surface area contributed by atoms with Gasteiger partial charge in [0.2, 0.25) is 5.91 Å². The molecule has 7 N–H and O–H groups in total. The number of hydrogen-bond donors (Lipinski definition) is 7. The van der Waals surface area contributed by atoms with Crippen molar-refractivity contribution in [3.8, 4) is 11.5 Å². The second-order valence-corrected chi connectivity index (χ2v) is 13.5. The van der Waals surface area contributed by atoms with Crippen LogP contribution in [0.25, 0.3) is 0 Å². The second kappa shape index (κ2) is 19.6. The van der Waals surface area contributed by atoms with Crippen LogP contribution in [0.2, 0.25) is 0 Å². The third-order valence-electron chi connectivity index (χ3n) is 9.37. The van der Waals surface area contributed by atoms with Crippen LogP contribution in [0.1, 0.15) is 40.7 Å². The number of aliphatic hydroxyl groups excluding tert-OH is 4. The van der Waals surface area contributed by atoms with Gasteiger partial charge in [-0.25, -0.2) is 0 Å². The molecule has 278 valence electrons. The van der Waals surface area contributed by atoms with Crippen LogP contribution >= 0.6 is 0 Å². The largest absolute Gasteiger partial charge is 0.505 e. The van der Waals surface area contributed by atoms with Gasteiger partial charge < -0.3 is 36.0 Å². The summed E-state index contributed by atoms with van der Waals surface area (Å²) in [7, 11) is 0. The van der Waals surface area contributed by atoms with Crippen LogP contribution < -0.4 is 5.32 Å². The number of carbonyl (C=O) groups is 1. The molecule has 51 heavy (non-hydrogen) atoms. The number of anilines is 1. The number of hydrogen-bond acceptors (Lipinski definition) is 11. The number of benzene rings is 3. The molecule has 0 unspecified atom stereocenters. The highest BCUT2D eigenvalue weighted by Gasteiger charge is 2.31. The molecule has 0 aliphatic carbocycles. The molecule has 1 heterocycles. The highest BCUT2D eigenvalue weighted by Crippen LogP contribution is 2.34. The lowest BCUT2D eigenvalue weighted by atomic mass is 10.1. The van der Waals surface area contributed by atoms with Crippen LogP contribution in [0.4, 0.5) is 11.4 Å². The van der Waals surface area contributed by atoms with Crippen LogP contribution in [-0.2, 0) is 24.4 Å². The number of carbonyl (C=O) groups excluding carboxylic acids is 1. The molecule has 0 bridgehead atoms. The van der Waals surface area contributed by atoms with Crippen molar-refractivity contribution < 1.29 is 40.2 Å². The summed E-state index contributed by atoms with van der Waals surface area (Å²) in [6.07, 6.45) is 1.67. The monoisotopic (exact) mass is 708 g/mol. The number of aliphatic hydroxyl groups is 4. The summed E-state index contributed by atoms with van der Waals surface area (Å²) < 4.78 is 0.479. The number of aromatic hydroxyl groups is 2.